The minimum Gasteiger partial charge on any atom is -0.481 e. The molecular formula is C28H26FN5O2. The summed E-state index contributed by atoms with van der Waals surface area (Å²) in [6.07, 6.45) is 3.24. The number of carbonyl (C=O) groups excluding carboxylic acids is 1. The van der Waals surface area contributed by atoms with Crippen molar-refractivity contribution in [3.8, 4) is 28.3 Å². The molecule has 0 N–H and O–H groups in total. The number of ether oxygens (including phenoxy) is 1. The maximum absolute atomic E-state index is 14.8. The summed E-state index contributed by atoms with van der Waals surface area (Å²) >= 11 is 0. The van der Waals surface area contributed by atoms with Gasteiger partial charge in [-0.25, -0.2) is 19.3 Å². The standard InChI is InChI=1S/C28H26FN5O2/c1-18(33-8-10-34(11-9-33)19(2)35)22-12-23(14-24(29)13-22)28-25-15-20(4-6-26(25)31-17-32-28)21-5-7-27(36-3)30-16-21/h4-7,12-17H,1,8-11H2,2-3H3. The summed E-state index contributed by atoms with van der Waals surface area (Å²) in [5, 5.41) is 0.808. The molecular weight excluding hydrogens is 457 g/mol. The van der Waals surface area contributed by atoms with Crippen LogP contribution in [-0.2, 0) is 4.79 Å². The molecule has 182 valence electrons. The van der Waals surface area contributed by atoms with Gasteiger partial charge in [-0.1, -0.05) is 12.6 Å². The van der Waals surface area contributed by atoms with E-state index in [-0.39, 0.29) is 11.7 Å². The Labute approximate surface area is 208 Å². The maximum Gasteiger partial charge on any atom is 0.219 e. The number of nitrogens with zero attached hydrogens (tertiary/aromatic N) is 5. The topological polar surface area (TPSA) is 71.5 Å². The highest BCUT2D eigenvalue weighted by Crippen LogP contribution is 2.32. The Hall–Kier alpha value is -4.33. The van der Waals surface area contributed by atoms with Crippen molar-refractivity contribution in [1.82, 2.24) is 24.8 Å². The van der Waals surface area contributed by atoms with Gasteiger partial charge in [0.2, 0.25) is 11.8 Å². The van der Waals surface area contributed by atoms with Crippen molar-refractivity contribution < 1.29 is 13.9 Å². The maximum atomic E-state index is 14.8. The molecule has 2 aromatic carbocycles. The molecule has 0 spiro atoms. The molecule has 3 heterocycles. The third kappa shape index (κ3) is 4.62. The van der Waals surface area contributed by atoms with E-state index in [0.29, 0.717) is 48.9 Å². The molecule has 1 amide bonds. The minimum atomic E-state index is -0.367. The van der Waals surface area contributed by atoms with E-state index in [1.54, 1.807) is 20.2 Å². The fraction of sp³-hybridized carbons (Fsp3) is 0.214. The second-order valence-corrected chi connectivity index (χ2v) is 8.71. The van der Waals surface area contributed by atoms with E-state index in [4.69, 9.17) is 4.74 Å². The molecule has 0 unspecified atom stereocenters. The van der Waals surface area contributed by atoms with E-state index in [9.17, 15) is 9.18 Å². The Balaban J connectivity index is 1.50. The Kier molecular flexibility index (Phi) is 6.33. The van der Waals surface area contributed by atoms with E-state index in [1.165, 1.54) is 18.5 Å². The number of pyridine rings is 1. The zero-order chi connectivity index (χ0) is 25.2. The van der Waals surface area contributed by atoms with Gasteiger partial charge in [0, 0.05) is 73.1 Å². The van der Waals surface area contributed by atoms with Gasteiger partial charge >= 0.3 is 0 Å². The highest BCUT2D eigenvalue weighted by molar-refractivity contribution is 5.95. The molecule has 4 aromatic rings. The molecule has 0 saturated carbocycles. The number of fused-ring (bicyclic) bond motifs is 1. The lowest BCUT2D eigenvalue weighted by molar-refractivity contribution is -0.130. The van der Waals surface area contributed by atoms with Crippen molar-refractivity contribution in [3.05, 3.63) is 79.0 Å². The smallest absolute Gasteiger partial charge is 0.219 e. The average Bonchev–Trinajstić information content (AvgIpc) is 2.91. The lowest BCUT2D eigenvalue weighted by Crippen LogP contribution is -2.47. The zero-order valence-electron chi connectivity index (χ0n) is 20.2. The number of carbonyl (C=O) groups is 1. The van der Waals surface area contributed by atoms with Crippen LogP contribution >= 0.6 is 0 Å². The number of hydrogen-bond donors (Lipinski definition) is 0. The lowest BCUT2D eigenvalue weighted by Gasteiger charge is -2.36. The number of halogens is 1. The first-order chi connectivity index (χ1) is 17.4. The number of piperazine rings is 1. The summed E-state index contributed by atoms with van der Waals surface area (Å²) in [4.78, 5) is 28.8. The van der Waals surface area contributed by atoms with Crippen LogP contribution < -0.4 is 4.74 Å². The molecule has 0 aliphatic carbocycles. The van der Waals surface area contributed by atoms with Crippen molar-refractivity contribution >= 4 is 22.5 Å². The summed E-state index contributed by atoms with van der Waals surface area (Å²) < 4.78 is 20.0. The molecule has 0 bridgehead atoms. The number of methoxy groups -OCH3 is 1. The molecule has 1 fully saturated rings. The Morgan fingerprint density at radius 1 is 0.917 bits per heavy atom. The van der Waals surface area contributed by atoms with E-state index in [1.807, 2.05) is 41.3 Å². The van der Waals surface area contributed by atoms with E-state index < -0.39 is 0 Å². The van der Waals surface area contributed by atoms with E-state index >= 15 is 0 Å². The molecule has 36 heavy (non-hydrogen) atoms. The third-order valence-corrected chi connectivity index (χ3v) is 6.53. The molecule has 7 nitrogen and oxygen atoms in total. The summed E-state index contributed by atoms with van der Waals surface area (Å²) in [7, 11) is 1.58. The van der Waals surface area contributed by atoms with Crippen LogP contribution in [0.25, 0.3) is 39.0 Å². The summed E-state index contributed by atoms with van der Waals surface area (Å²) in [5.74, 6) is 0.237. The van der Waals surface area contributed by atoms with Crippen molar-refractivity contribution in [1.29, 1.82) is 0 Å². The number of aromatic nitrogens is 3. The molecule has 8 heteroatoms. The van der Waals surface area contributed by atoms with Crippen LogP contribution in [0.3, 0.4) is 0 Å². The van der Waals surface area contributed by atoms with Crippen molar-refractivity contribution in [2.24, 2.45) is 0 Å². The van der Waals surface area contributed by atoms with E-state index in [2.05, 4.69) is 26.4 Å². The SMILES string of the molecule is C=C(c1cc(F)cc(-c2ncnc3ccc(-c4ccc(OC)nc4)cc23)c1)N1CCN(C(C)=O)CC1. The Morgan fingerprint density at radius 2 is 1.67 bits per heavy atom. The van der Waals surface area contributed by atoms with Crippen LogP contribution in [-0.4, -0.2) is 63.9 Å². The van der Waals surface area contributed by atoms with Gasteiger partial charge in [0.25, 0.3) is 0 Å². The van der Waals surface area contributed by atoms with Crippen molar-refractivity contribution in [3.63, 3.8) is 0 Å². The number of hydrogen-bond acceptors (Lipinski definition) is 6. The first kappa shape index (κ1) is 23.4. The first-order valence-electron chi connectivity index (χ1n) is 11.7. The van der Waals surface area contributed by atoms with Gasteiger partial charge < -0.3 is 14.5 Å². The van der Waals surface area contributed by atoms with Gasteiger partial charge in [0.15, 0.2) is 0 Å². The minimum absolute atomic E-state index is 0.0636. The predicted octanol–water partition coefficient (Wildman–Crippen LogP) is 4.64. The summed E-state index contributed by atoms with van der Waals surface area (Å²) in [6.45, 7) is 8.35. The van der Waals surface area contributed by atoms with Gasteiger partial charge in [-0.15, -0.1) is 0 Å². The van der Waals surface area contributed by atoms with Gasteiger partial charge in [-0.05, 0) is 42.0 Å². The zero-order valence-corrected chi connectivity index (χ0v) is 20.2. The molecule has 1 saturated heterocycles. The average molecular weight is 484 g/mol. The van der Waals surface area contributed by atoms with Crippen LogP contribution in [0.15, 0.2) is 67.6 Å². The van der Waals surface area contributed by atoms with Crippen molar-refractivity contribution in [2.45, 2.75) is 6.92 Å². The molecule has 0 radical (unpaired) electrons. The third-order valence-electron chi connectivity index (χ3n) is 6.53. The molecule has 1 aliphatic heterocycles. The molecule has 1 aliphatic rings. The fourth-order valence-electron chi connectivity index (χ4n) is 4.50. The highest BCUT2D eigenvalue weighted by atomic mass is 19.1. The van der Waals surface area contributed by atoms with Gasteiger partial charge in [0.05, 0.1) is 18.3 Å². The number of benzene rings is 2. The lowest BCUT2D eigenvalue weighted by atomic mass is 9.99. The van der Waals surface area contributed by atoms with Crippen LogP contribution in [0.4, 0.5) is 4.39 Å². The van der Waals surface area contributed by atoms with Crippen LogP contribution in [0, 0.1) is 5.82 Å². The second kappa shape index (κ2) is 9.73. The number of rotatable bonds is 5. The highest BCUT2D eigenvalue weighted by Gasteiger charge is 2.21. The van der Waals surface area contributed by atoms with Crippen LogP contribution in [0.1, 0.15) is 12.5 Å². The van der Waals surface area contributed by atoms with Gasteiger partial charge in [-0.2, -0.15) is 0 Å². The second-order valence-electron chi connectivity index (χ2n) is 8.71. The molecule has 5 rings (SSSR count). The largest absolute Gasteiger partial charge is 0.481 e. The predicted molar refractivity (Wildman–Crippen MR) is 138 cm³/mol. The summed E-state index contributed by atoms with van der Waals surface area (Å²) in [6, 6.07) is 14.5. The van der Waals surface area contributed by atoms with E-state index in [0.717, 1.165) is 27.7 Å². The normalized spacial score (nSPS) is 13.6. The van der Waals surface area contributed by atoms with Crippen LogP contribution in [0.2, 0.25) is 0 Å². The molecule has 2 aromatic heterocycles. The monoisotopic (exact) mass is 483 g/mol. The first-order valence-corrected chi connectivity index (χ1v) is 11.7. The van der Waals surface area contributed by atoms with Crippen molar-refractivity contribution in [2.75, 3.05) is 33.3 Å². The van der Waals surface area contributed by atoms with Crippen LogP contribution in [0.5, 0.6) is 5.88 Å². The van der Waals surface area contributed by atoms with Gasteiger partial charge in [-0.3, -0.25) is 4.79 Å². The Morgan fingerprint density at radius 3 is 2.36 bits per heavy atom. The Bertz CT molecular complexity index is 1450. The number of amides is 1. The quantitative estimate of drug-likeness (QED) is 0.412. The molecule has 0 atom stereocenters. The fourth-order valence-corrected chi connectivity index (χ4v) is 4.50. The van der Waals surface area contributed by atoms with Gasteiger partial charge in [0.1, 0.15) is 12.1 Å². The summed E-state index contributed by atoms with van der Waals surface area (Å²) in [5.41, 5.74) is 5.31.